The fourth-order valence-electron chi connectivity index (χ4n) is 1.83. The lowest BCUT2D eigenvalue weighted by atomic mass is 10.1. The topological polar surface area (TPSA) is 49.5 Å². The molecule has 0 amide bonds. The molecule has 0 aliphatic carbocycles. The molecule has 0 saturated carbocycles. The van der Waals surface area contributed by atoms with Crippen LogP contribution in [0.3, 0.4) is 0 Å². The second-order valence-electron chi connectivity index (χ2n) is 4.04. The molecule has 0 saturated heterocycles. The molecule has 0 aliphatic heterocycles. The Morgan fingerprint density at radius 3 is 2.71 bits per heavy atom. The van der Waals surface area contributed by atoms with E-state index in [1.54, 1.807) is 0 Å². The van der Waals surface area contributed by atoms with Crippen LogP contribution in [0, 0.1) is 6.92 Å². The van der Waals surface area contributed by atoms with Gasteiger partial charge in [-0.05, 0) is 32.4 Å². The summed E-state index contributed by atoms with van der Waals surface area (Å²) < 4.78 is 0. The molecule has 0 aromatic heterocycles. The number of benzene rings is 1. The van der Waals surface area contributed by atoms with E-state index in [1.165, 1.54) is 0 Å². The number of hydrogen-bond acceptors (Lipinski definition) is 3. The van der Waals surface area contributed by atoms with Gasteiger partial charge in [0.15, 0.2) is 0 Å². The molecule has 3 N–H and O–H groups in total. The van der Waals surface area contributed by atoms with Gasteiger partial charge in [-0.1, -0.05) is 23.8 Å². The van der Waals surface area contributed by atoms with Crippen molar-refractivity contribution in [2.75, 3.05) is 24.6 Å². The number of hydrogen-bond donors (Lipinski definition) is 2. The number of nitrogens with zero attached hydrogens (tertiary/aromatic N) is 1. The van der Waals surface area contributed by atoms with Crippen molar-refractivity contribution < 1.29 is 5.11 Å². The van der Waals surface area contributed by atoms with Gasteiger partial charge in [-0.3, -0.25) is 0 Å². The zero-order valence-electron chi connectivity index (χ0n) is 10.4. The third kappa shape index (κ3) is 3.68. The summed E-state index contributed by atoms with van der Waals surface area (Å²) in [6.45, 7) is 5.99. The summed E-state index contributed by atoms with van der Waals surface area (Å²) >= 11 is 5.09. The van der Waals surface area contributed by atoms with Gasteiger partial charge in [-0.25, -0.2) is 0 Å². The van der Waals surface area contributed by atoms with Crippen LogP contribution < -0.4 is 10.6 Å². The molecule has 1 aromatic rings. The molecule has 0 unspecified atom stereocenters. The molecule has 0 fully saturated rings. The summed E-state index contributed by atoms with van der Waals surface area (Å²) in [6.07, 6.45) is 0.749. The molecule has 0 bridgehead atoms. The smallest absolute Gasteiger partial charge is 0.106 e. The number of anilines is 1. The van der Waals surface area contributed by atoms with Gasteiger partial charge in [0.25, 0.3) is 0 Å². The maximum absolute atomic E-state index is 8.90. The first-order valence-electron chi connectivity index (χ1n) is 5.86. The van der Waals surface area contributed by atoms with Crippen molar-refractivity contribution >= 4 is 22.9 Å². The minimum absolute atomic E-state index is 0.199. The van der Waals surface area contributed by atoms with Crippen LogP contribution in [-0.4, -0.2) is 29.8 Å². The maximum atomic E-state index is 8.90. The third-order valence-corrected chi connectivity index (χ3v) is 2.95. The average molecular weight is 252 g/mol. The van der Waals surface area contributed by atoms with Crippen LogP contribution in [0.2, 0.25) is 0 Å². The van der Waals surface area contributed by atoms with Crippen LogP contribution in [-0.2, 0) is 0 Å². The van der Waals surface area contributed by atoms with E-state index in [4.69, 9.17) is 23.1 Å². The fourth-order valence-corrected chi connectivity index (χ4v) is 2.00. The molecule has 0 aliphatic rings. The van der Waals surface area contributed by atoms with E-state index in [2.05, 4.69) is 17.9 Å². The molecule has 0 radical (unpaired) electrons. The Morgan fingerprint density at radius 2 is 2.18 bits per heavy atom. The van der Waals surface area contributed by atoms with Crippen LogP contribution in [0.4, 0.5) is 5.69 Å². The van der Waals surface area contributed by atoms with Gasteiger partial charge in [-0.2, -0.15) is 0 Å². The van der Waals surface area contributed by atoms with E-state index in [9.17, 15) is 0 Å². The Bertz CT molecular complexity index is 393. The van der Waals surface area contributed by atoms with E-state index in [0.717, 1.165) is 36.3 Å². The van der Waals surface area contributed by atoms with Crippen LogP contribution in [0.15, 0.2) is 18.2 Å². The first kappa shape index (κ1) is 13.9. The molecule has 0 heterocycles. The van der Waals surface area contributed by atoms with Gasteiger partial charge in [0.05, 0.1) is 0 Å². The maximum Gasteiger partial charge on any atom is 0.106 e. The van der Waals surface area contributed by atoms with Gasteiger partial charge in [0, 0.05) is 30.9 Å². The number of aliphatic hydroxyl groups is 1. The van der Waals surface area contributed by atoms with Crippen molar-refractivity contribution in [3.8, 4) is 0 Å². The van der Waals surface area contributed by atoms with Crippen molar-refractivity contribution in [2.45, 2.75) is 20.3 Å². The summed E-state index contributed by atoms with van der Waals surface area (Å²) in [7, 11) is 0. The van der Waals surface area contributed by atoms with E-state index in [0.29, 0.717) is 4.99 Å². The van der Waals surface area contributed by atoms with Gasteiger partial charge in [0.1, 0.15) is 4.99 Å². The molecule has 3 nitrogen and oxygen atoms in total. The van der Waals surface area contributed by atoms with E-state index in [-0.39, 0.29) is 6.61 Å². The first-order chi connectivity index (χ1) is 8.10. The number of aliphatic hydroxyl groups excluding tert-OH is 1. The Morgan fingerprint density at radius 1 is 1.47 bits per heavy atom. The van der Waals surface area contributed by atoms with Gasteiger partial charge in [0.2, 0.25) is 0 Å². The molecular weight excluding hydrogens is 232 g/mol. The summed E-state index contributed by atoms with van der Waals surface area (Å²) in [4.78, 5) is 2.61. The molecule has 4 heteroatoms. The lowest BCUT2D eigenvalue weighted by molar-refractivity contribution is 0.289. The minimum Gasteiger partial charge on any atom is -0.396 e. The van der Waals surface area contributed by atoms with Crippen LogP contribution in [0.1, 0.15) is 24.5 Å². The number of nitrogens with two attached hydrogens (primary N) is 1. The molecule has 1 aromatic carbocycles. The highest BCUT2D eigenvalue weighted by atomic mass is 32.1. The molecule has 1 rings (SSSR count). The second-order valence-corrected chi connectivity index (χ2v) is 4.48. The zero-order chi connectivity index (χ0) is 12.8. The molecule has 0 spiro atoms. The van der Waals surface area contributed by atoms with Crippen molar-refractivity contribution in [1.82, 2.24) is 0 Å². The molecule has 17 heavy (non-hydrogen) atoms. The summed E-state index contributed by atoms with van der Waals surface area (Å²) in [6, 6.07) is 6.11. The highest BCUT2D eigenvalue weighted by Gasteiger charge is 2.11. The summed E-state index contributed by atoms with van der Waals surface area (Å²) in [5.41, 5.74) is 8.88. The number of thiocarbonyl (C=S) groups is 1. The van der Waals surface area contributed by atoms with Crippen LogP contribution in [0.25, 0.3) is 0 Å². The highest BCUT2D eigenvalue weighted by molar-refractivity contribution is 7.80. The summed E-state index contributed by atoms with van der Waals surface area (Å²) in [5.74, 6) is 0. The Balaban J connectivity index is 3.05. The SMILES string of the molecule is CCN(CCCO)c1ccc(C)cc1C(N)=S. The third-order valence-electron chi connectivity index (χ3n) is 2.73. The Kier molecular flexibility index (Phi) is 5.38. The minimum atomic E-state index is 0.199. The summed E-state index contributed by atoms with van der Waals surface area (Å²) in [5, 5.41) is 8.90. The lowest BCUT2D eigenvalue weighted by Gasteiger charge is -2.25. The normalized spacial score (nSPS) is 10.3. The number of rotatable bonds is 6. The van der Waals surface area contributed by atoms with Crippen molar-refractivity contribution in [3.05, 3.63) is 29.3 Å². The van der Waals surface area contributed by atoms with E-state index >= 15 is 0 Å². The van der Waals surface area contributed by atoms with E-state index < -0.39 is 0 Å². The van der Waals surface area contributed by atoms with Crippen LogP contribution in [0.5, 0.6) is 0 Å². The van der Waals surface area contributed by atoms with Crippen molar-refractivity contribution in [1.29, 1.82) is 0 Å². The quantitative estimate of drug-likeness (QED) is 0.759. The Hall–Kier alpha value is -1.13. The monoisotopic (exact) mass is 252 g/mol. The van der Waals surface area contributed by atoms with Gasteiger partial charge >= 0.3 is 0 Å². The van der Waals surface area contributed by atoms with Gasteiger partial charge in [-0.15, -0.1) is 0 Å². The molecule has 0 atom stereocenters. The van der Waals surface area contributed by atoms with Crippen LogP contribution >= 0.6 is 12.2 Å². The first-order valence-corrected chi connectivity index (χ1v) is 6.27. The molecule has 94 valence electrons. The molecular formula is C13H20N2OS. The fraction of sp³-hybridized carbons (Fsp3) is 0.462. The van der Waals surface area contributed by atoms with E-state index in [1.807, 2.05) is 19.1 Å². The predicted molar refractivity (Wildman–Crippen MR) is 76.7 cm³/mol. The van der Waals surface area contributed by atoms with Gasteiger partial charge < -0.3 is 15.7 Å². The number of aryl methyl sites for hydroxylation is 1. The predicted octanol–water partition coefficient (Wildman–Crippen LogP) is 1.84. The van der Waals surface area contributed by atoms with Crippen molar-refractivity contribution in [2.24, 2.45) is 5.73 Å². The lowest BCUT2D eigenvalue weighted by Crippen LogP contribution is -2.27. The van der Waals surface area contributed by atoms with Crippen molar-refractivity contribution in [3.63, 3.8) is 0 Å². The average Bonchev–Trinajstić information content (AvgIpc) is 2.31. The Labute approximate surface area is 108 Å². The largest absolute Gasteiger partial charge is 0.396 e. The standard InChI is InChI=1S/C13H20N2OS/c1-3-15(7-4-8-16)12-6-5-10(2)9-11(12)13(14)17/h5-6,9,16H,3-4,7-8H2,1-2H3,(H2,14,17). The zero-order valence-corrected chi connectivity index (χ0v) is 11.3. The highest BCUT2D eigenvalue weighted by Crippen LogP contribution is 2.22. The second kappa shape index (κ2) is 6.57.